The van der Waals surface area contributed by atoms with Crippen LogP contribution in [0.25, 0.3) is 0 Å². The van der Waals surface area contributed by atoms with Crippen LogP contribution in [0.15, 0.2) is 53.4 Å². The Morgan fingerprint density at radius 1 is 1.13 bits per heavy atom. The second-order valence-electron chi connectivity index (χ2n) is 4.62. The third kappa shape index (κ3) is 4.69. The summed E-state index contributed by atoms with van der Waals surface area (Å²) in [7, 11) is -3.84. The van der Waals surface area contributed by atoms with Crippen LogP contribution in [0.4, 0.5) is 5.69 Å². The van der Waals surface area contributed by atoms with Crippen LogP contribution in [0.1, 0.15) is 10.4 Å². The highest BCUT2D eigenvalue weighted by Crippen LogP contribution is 2.20. The number of benzene rings is 2. The Kier molecular flexibility index (Phi) is 5.59. The van der Waals surface area contributed by atoms with Crippen LogP contribution in [0.5, 0.6) is 0 Å². The van der Waals surface area contributed by atoms with Gasteiger partial charge in [0, 0.05) is 17.1 Å². The third-order valence-electron chi connectivity index (χ3n) is 2.88. The maximum atomic E-state index is 12.4. The molecule has 0 aliphatic heterocycles. The molecular weight excluding hydrogens is 340 g/mol. The Labute approximate surface area is 139 Å². The second kappa shape index (κ2) is 7.45. The molecule has 23 heavy (non-hydrogen) atoms. The van der Waals surface area contributed by atoms with Crippen molar-refractivity contribution in [2.75, 3.05) is 17.9 Å². The highest BCUT2D eigenvalue weighted by Gasteiger charge is 2.16. The first kappa shape index (κ1) is 17.3. The number of aliphatic hydroxyl groups is 1. The quantitative estimate of drug-likeness (QED) is 0.737. The molecule has 3 N–H and O–H groups in total. The van der Waals surface area contributed by atoms with Gasteiger partial charge in [-0.25, -0.2) is 8.42 Å². The molecule has 0 saturated heterocycles. The van der Waals surface area contributed by atoms with Crippen LogP contribution >= 0.6 is 11.6 Å². The van der Waals surface area contributed by atoms with Gasteiger partial charge in [-0.15, -0.1) is 0 Å². The first-order valence-electron chi connectivity index (χ1n) is 6.70. The average Bonchev–Trinajstić information content (AvgIpc) is 2.52. The van der Waals surface area contributed by atoms with Gasteiger partial charge in [0.15, 0.2) is 0 Å². The number of halogens is 1. The number of rotatable bonds is 6. The number of carbonyl (C=O) groups is 1. The number of carbonyl (C=O) groups excluding carboxylic acids is 1. The zero-order valence-corrected chi connectivity index (χ0v) is 13.6. The fraction of sp³-hybridized carbons (Fsp3) is 0.133. The van der Waals surface area contributed by atoms with E-state index in [9.17, 15) is 13.2 Å². The van der Waals surface area contributed by atoms with Crippen molar-refractivity contribution >= 4 is 33.2 Å². The van der Waals surface area contributed by atoms with Gasteiger partial charge in [-0.3, -0.25) is 9.52 Å². The van der Waals surface area contributed by atoms with Gasteiger partial charge >= 0.3 is 0 Å². The van der Waals surface area contributed by atoms with Gasteiger partial charge in [-0.1, -0.05) is 23.7 Å². The van der Waals surface area contributed by atoms with Crippen LogP contribution in [0, 0.1) is 0 Å². The highest BCUT2D eigenvalue weighted by molar-refractivity contribution is 7.92. The lowest BCUT2D eigenvalue weighted by molar-refractivity contribution is 0.0944. The summed E-state index contributed by atoms with van der Waals surface area (Å²) in [6, 6.07) is 11.9. The fourth-order valence-corrected chi connectivity index (χ4v) is 3.13. The molecule has 0 aliphatic rings. The molecule has 2 aromatic rings. The Balaban J connectivity index is 2.24. The summed E-state index contributed by atoms with van der Waals surface area (Å²) < 4.78 is 27.2. The first-order valence-corrected chi connectivity index (χ1v) is 8.56. The van der Waals surface area contributed by atoms with Crippen LogP contribution < -0.4 is 10.0 Å². The molecule has 0 spiro atoms. The molecule has 0 radical (unpaired) electrons. The van der Waals surface area contributed by atoms with Crippen molar-refractivity contribution in [1.82, 2.24) is 5.32 Å². The van der Waals surface area contributed by atoms with Gasteiger partial charge < -0.3 is 10.4 Å². The number of hydrogen-bond donors (Lipinski definition) is 3. The number of aliphatic hydroxyl groups excluding tert-OH is 1. The summed E-state index contributed by atoms with van der Waals surface area (Å²) in [5.74, 6) is -0.459. The molecule has 0 heterocycles. The van der Waals surface area contributed by atoms with Crippen LogP contribution in [-0.2, 0) is 10.0 Å². The molecule has 2 rings (SSSR count). The van der Waals surface area contributed by atoms with Crippen LogP contribution in [0.2, 0.25) is 5.02 Å². The maximum Gasteiger partial charge on any atom is 0.261 e. The minimum atomic E-state index is -3.84. The Bertz CT molecular complexity index is 809. The largest absolute Gasteiger partial charge is 0.395 e. The molecule has 0 aromatic heterocycles. The number of nitrogens with one attached hydrogen (secondary N) is 2. The van der Waals surface area contributed by atoms with E-state index in [4.69, 9.17) is 16.7 Å². The molecule has 8 heteroatoms. The van der Waals surface area contributed by atoms with Gasteiger partial charge in [0.05, 0.1) is 17.2 Å². The van der Waals surface area contributed by atoms with Gasteiger partial charge in [-0.2, -0.15) is 0 Å². The SMILES string of the molecule is O=C(NCCO)c1cccc(S(=O)(=O)Nc2cccc(Cl)c2)c1. The fourth-order valence-electron chi connectivity index (χ4n) is 1.84. The number of hydrogen-bond acceptors (Lipinski definition) is 4. The summed E-state index contributed by atoms with van der Waals surface area (Å²) >= 11 is 5.83. The second-order valence-corrected chi connectivity index (χ2v) is 6.74. The Morgan fingerprint density at radius 3 is 2.57 bits per heavy atom. The van der Waals surface area contributed by atoms with Crippen molar-refractivity contribution in [2.24, 2.45) is 0 Å². The van der Waals surface area contributed by atoms with Crippen molar-refractivity contribution in [1.29, 1.82) is 0 Å². The van der Waals surface area contributed by atoms with Crippen molar-refractivity contribution < 1.29 is 18.3 Å². The van der Waals surface area contributed by atoms with Crippen LogP contribution in [-0.4, -0.2) is 32.6 Å². The molecule has 0 saturated carbocycles. The summed E-state index contributed by atoms with van der Waals surface area (Å²) in [5, 5.41) is 11.6. The molecular formula is C15H15ClN2O4S. The normalized spacial score (nSPS) is 11.0. The third-order valence-corrected chi connectivity index (χ3v) is 4.49. The Morgan fingerprint density at radius 2 is 1.87 bits per heavy atom. The molecule has 0 atom stereocenters. The van der Waals surface area contributed by atoms with Gasteiger partial charge in [0.25, 0.3) is 15.9 Å². The first-order chi connectivity index (χ1) is 10.9. The van der Waals surface area contributed by atoms with E-state index in [0.29, 0.717) is 10.7 Å². The van der Waals surface area contributed by atoms with E-state index < -0.39 is 15.9 Å². The van der Waals surface area contributed by atoms with E-state index >= 15 is 0 Å². The Hall–Kier alpha value is -2.09. The standard InChI is InChI=1S/C15H15ClN2O4S/c16-12-4-2-5-13(10-12)18-23(21,22)14-6-1-3-11(9-14)15(20)17-7-8-19/h1-6,9-10,18-19H,7-8H2,(H,17,20). The molecule has 0 unspecified atom stereocenters. The molecule has 2 aromatic carbocycles. The summed E-state index contributed by atoms with van der Waals surface area (Å²) in [5.41, 5.74) is 0.514. The van der Waals surface area contributed by atoms with Crippen molar-refractivity contribution in [2.45, 2.75) is 4.90 Å². The molecule has 0 fully saturated rings. The van der Waals surface area contributed by atoms with Gasteiger partial charge in [0.2, 0.25) is 0 Å². The summed E-state index contributed by atoms with van der Waals surface area (Å²) in [6.45, 7) is -0.101. The predicted octanol–water partition coefficient (Wildman–Crippen LogP) is 1.86. The van der Waals surface area contributed by atoms with Gasteiger partial charge in [0.1, 0.15) is 0 Å². The number of amides is 1. The van der Waals surface area contributed by atoms with E-state index in [1.807, 2.05) is 0 Å². The van der Waals surface area contributed by atoms with E-state index in [-0.39, 0.29) is 23.6 Å². The molecule has 0 aliphatic carbocycles. The number of sulfonamides is 1. The topological polar surface area (TPSA) is 95.5 Å². The lowest BCUT2D eigenvalue weighted by atomic mass is 10.2. The average molecular weight is 355 g/mol. The van der Waals surface area contributed by atoms with E-state index in [0.717, 1.165) is 0 Å². The monoisotopic (exact) mass is 354 g/mol. The minimum absolute atomic E-state index is 0.0471. The van der Waals surface area contributed by atoms with Crippen molar-refractivity contribution in [3.63, 3.8) is 0 Å². The zero-order valence-electron chi connectivity index (χ0n) is 12.0. The smallest absolute Gasteiger partial charge is 0.261 e. The lowest BCUT2D eigenvalue weighted by Crippen LogP contribution is -2.26. The molecule has 1 amide bonds. The molecule has 122 valence electrons. The maximum absolute atomic E-state index is 12.4. The van der Waals surface area contributed by atoms with E-state index in [1.54, 1.807) is 18.2 Å². The minimum Gasteiger partial charge on any atom is -0.395 e. The van der Waals surface area contributed by atoms with Crippen LogP contribution in [0.3, 0.4) is 0 Å². The molecule has 0 bridgehead atoms. The van der Waals surface area contributed by atoms with Crippen molar-refractivity contribution in [3.8, 4) is 0 Å². The van der Waals surface area contributed by atoms with E-state index in [1.165, 1.54) is 30.3 Å². The molecule has 6 nitrogen and oxygen atoms in total. The summed E-state index contributed by atoms with van der Waals surface area (Å²) in [6.07, 6.45) is 0. The zero-order chi connectivity index (χ0) is 16.9. The number of anilines is 1. The lowest BCUT2D eigenvalue weighted by Gasteiger charge is -2.10. The predicted molar refractivity (Wildman–Crippen MR) is 88.1 cm³/mol. The highest BCUT2D eigenvalue weighted by atomic mass is 35.5. The van der Waals surface area contributed by atoms with E-state index in [2.05, 4.69) is 10.0 Å². The van der Waals surface area contributed by atoms with Gasteiger partial charge in [-0.05, 0) is 36.4 Å². The van der Waals surface area contributed by atoms with Crippen molar-refractivity contribution in [3.05, 3.63) is 59.1 Å². The summed E-state index contributed by atoms with van der Waals surface area (Å²) in [4.78, 5) is 11.8.